The number of carbonyl (C=O) groups is 1. The van der Waals surface area contributed by atoms with E-state index in [9.17, 15) is 4.79 Å². The summed E-state index contributed by atoms with van der Waals surface area (Å²) in [5.74, 6) is 5.64. The molecule has 4 nitrogen and oxygen atoms in total. The number of aromatic nitrogens is 1. The van der Waals surface area contributed by atoms with Gasteiger partial charge in [-0.25, -0.2) is 4.98 Å². The molecule has 1 heterocycles. The first-order valence-electron chi connectivity index (χ1n) is 6.60. The molecule has 5 heteroatoms. The van der Waals surface area contributed by atoms with Crippen molar-refractivity contribution in [2.45, 2.75) is 19.4 Å². The molecule has 1 atom stereocenters. The van der Waals surface area contributed by atoms with Crippen molar-refractivity contribution in [2.75, 3.05) is 6.61 Å². The van der Waals surface area contributed by atoms with Gasteiger partial charge in [0.15, 0.2) is 0 Å². The molecule has 1 aromatic heterocycles. The Bertz CT molecular complexity index is 639. The smallest absolute Gasteiger partial charge is 0.251 e. The van der Waals surface area contributed by atoms with E-state index < -0.39 is 0 Å². The Morgan fingerprint density at radius 2 is 2.19 bits per heavy atom. The second kappa shape index (κ2) is 7.58. The predicted octanol–water partition coefficient (Wildman–Crippen LogP) is 2.37. The number of aliphatic hydroxyl groups is 1. The summed E-state index contributed by atoms with van der Waals surface area (Å²) in [6.07, 6.45) is 2.18. The predicted molar refractivity (Wildman–Crippen MR) is 83.0 cm³/mol. The molecule has 1 aromatic carbocycles. The van der Waals surface area contributed by atoms with Gasteiger partial charge in [-0.1, -0.05) is 11.8 Å². The minimum Gasteiger partial charge on any atom is -0.395 e. The Hall–Kier alpha value is -2.16. The molecule has 0 saturated carbocycles. The summed E-state index contributed by atoms with van der Waals surface area (Å²) < 4.78 is 0. The summed E-state index contributed by atoms with van der Waals surface area (Å²) in [6, 6.07) is 6.97. The Morgan fingerprint density at radius 1 is 1.43 bits per heavy atom. The van der Waals surface area contributed by atoms with Crippen molar-refractivity contribution in [1.29, 1.82) is 0 Å². The number of amides is 1. The van der Waals surface area contributed by atoms with E-state index in [2.05, 4.69) is 22.1 Å². The van der Waals surface area contributed by atoms with Crippen LogP contribution in [0.1, 0.15) is 40.3 Å². The maximum absolute atomic E-state index is 12.1. The lowest BCUT2D eigenvalue weighted by Gasteiger charge is -2.11. The zero-order valence-corrected chi connectivity index (χ0v) is 12.5. The molecule has 0 radical (unpaired) electrons. The fourth-order valence-corrected chi connectivity index (χ4v) is 2.36. The van der Waals surface area contributed by atoms with Crippen molar-refractivity contribution in [3.05, 3.63) is 52.0 Å². The van der Waals surface area contributed by atoms with Crippen LogP contribution < -0.4 is 5.32 Å². The molecular weight excluding hydrogens is 284 g/mol. The van der Waals surface area contributed by atoms with Gasteiger partial charge in [-0.3, -0.25) is 4.79 Å². The van der Waals surface area contributed by atoms with Crippen LogP contribution in [0.2, 0.25) is 0 Å². The first-order chi connectivity index (χ1) is 10.2. The highest BCUT2D eigenvalue weighted by molar-refractivity contribution is 7.09. The number of hydrogen-bond acceptors (Lipinski definition) is 4. The minimum absolute atomic E-state index is 0.0577. The van der Waals surface area contributed by atoms with Gasteiger partial charge in [-0.2, -0.15) is 0 Å². The van der Waals surface area contributed by atoms with Crippen LogP contribution in [0.5, 0.6) is 0 Å². The monoisotopic (exact) mass is 300 g/mol. The van der Waals surface area contributed by atoms with E-state index >= 15 is 0 Å². The molecule has 1 amide bonds. The molecule has 108 valence electrons. The summed E-state index contributed by atoms with van der Waals surface area (Å²) in [5, 5.41) is 14.3. The van der Waals surface area contributed by atoms with Crippen molar-refractivity contribution in [2.24, 2.45) is 0 Å². The Kier molecular flexibility index (Phi) is 5.50. The number of carbonyl (C=O) groups excluding carboxylic acids is 1. The van der Waals surface area contributed by atoms with Crippen LogP contribution in [-0.2, 0) is 0 Å². The SMILES string of the molecule is CC(NC(=O)c1ccc(C#CCCO)cc1)c1nccs1. The Labute approximate surface area is 127 Å². The van der Waals surface area contributed by atoms with Crippen LogP contribution in [-0.4, -0.2) is 22.6 Å². The van der Waals surface area contributed by atoms with Crippen LogP contribution in [0.4, 0.5) is 0 Å². The molecule has 2 N–H and O–H groups in total. The Morgan fingerprint density at radius 3 is 2.81 bits per heavy atom. The zero-order valence-electron chi connectivity index (χ0n) is 11.7. The topological polar surface area (TPSA) is 62.2 Å². The van der Waals surface area contributed by atoms with Gasteiger partial charge in [0.25, 0.3) is 5.91 Å². The van der Waals surface area contributed by atoms with E-state index in [0.717, 1.165) is 10.6 Å². The zero-order chi connectivity index (χ0) is 15.1. The molecular formula is C16H16N2O2S. The summed E-state index contributed by atoms with van der Waals surface area (Å²) in [7, 11) is 0. The maximum Gasteiger partial charge on any atom is 0.251 e. The molecule has 1 unspecified atom stereocenters. The van der Waals surface area contributed by atoms with Crippen LogP contribution in [0.25, 0.3) is 0 Å². The number of thiazole rings is 1. The summed E-state index contributed by atoms with van der Waals surface area (Å²) in [6.45, 7) is 1.97. The molecule has 0 fully saturated rings. The molecule has 0 aliphatic rings. The number of hydrogen-bond donors (Lipinski definition) is 2. The molecule has 0 spiro atoms. The third-order valence-electron chi connectivity index (χ3n) is 2.79. The number of aliphatic hydroxyl groups excluding tert-OH is 1. The molecule has 21 heavy (non-hydrogen) atoms. The second-order valence-corrected chi connectivity index (χ2v) is 5.34. The van der Waals surface area contributed by atoms with Crippen molar-refractivity contribution in [3.63, 3.8) is 0 Å². The average molecular weight is 300 g/mol. The van der Waals surface area contributed by atoms with E-state index in [4.69, 9.17) is 5.11 Å². The van der Waals surface area contributed by atoms with Crippen molar-refractivity contribution < 1.29 is 9.90 Å². The highest BCUT2D eigenvalue weighted by Crippen LogP contribution is 2.15. The maximum atomic E-state index is 12.1. The lowest BCUT2D eigenvalue weighted by Crippen LogP contribution is -2.26. The lowest BCUT2D eigenvalue weighted by atomic mass is 10.1. The van der Waals surface area contributed by atoms with Gasteiger partial charge in [0, 0.05) is 29.1 Å². The highest BCUT2D eigenvalue weighted by Gasteiger charge is 2.12. The fourth-order valence-electron chi connectivity index (χ4n) is 1.72. The number of benzene rings is 1. The van der Waals surface area contributed by atoms with Crippen molar-refractivity contribution in [3.8, 4) is 11.8 Å². The van der Waals surface area contributed by atoms with Crippen LogP contribution in [0.3, 0.4) is 0 Å². The van der Waals surface area contributed by atoms with E-state index in [1.165, 1.54) is 11.3 Å². The normalized spacial score (nSPS) is 11.3. The standard InChI is InChI=1S/C16H16N2O2S/c1-12(16-17-9-11-21-16)18-15(20)14-7-5-13(6-8-14)4-2-3-10-19/h5-9,11-12,19H,3,10H2,1H3,(H,18,20). The molecule has 0 aliphatic heterocycles. The molecule has 0 bridgehead atoms. The highest BCUT2D eigenvalue weighted by atomic mass is 32.1. The number of nitrogens with zero attached hydrogens (tertiary/aromatic N) is 1. The third-order valence-corrected chi connectivity index (χ3v) is 3.74. The van der Waals surface area contributed by atoms with E-state index in [1.54, 1.807) is 30.5 Å². The van der Waals surface area contributed by atoms with Gasteiger partial charge in [-0.15, -0.1) is 11.3 Å². The second-order valence-electron chi connectivity index (χ2n) is 4.42. The van der Waals surface area contributed by atoms with Crippen LogP contribution >= 0.6 is 11.3 Å². The van der Waals surface area contributed by atoms with Gasteiger partial charge in [-0.05, 0) is 31.2 Å². The Balaban J connectivity index is 1.98. The number of rotatable bonds is 4. The molecule has 2 aromatic rings. The van der Waals surface area contributed by atoms with E-state index in [1.807, 2.05) is 12.3 Å². The minimum atomic E-state index is -0.132. The summed E-state index contributed by atoms with van der Waals surface area (Å²) >= 11 is 1.52. The first kappa shape index (κ1) is 15.2. The molecule has 2 rings (SSSR count). The first-order valence-corrected chi connectivity index (χ1v) is 7.48. The summed E-state index contributed by atoms with van der Waals surface area (Å²) in [5.41, 5.74) is 1.42. The molecule has 0 aliphatic carbocycles. The van der Waals surface area contributed by atoms with Gasteiger partial charge < -0.3 is 10.4 Å². The van der Waals surface area contributed by atoms with E-state index in [-0.39, 0.29) is 18.6 Å². The van der Waals surface area contributed by atoms with Gasteiger partial charge >= 0.3 is 0 Å². The fraction of sp³-hybridized carbons (Fsp3) is 0.250. The van der Waals surface area contributed by atoms with Crippen molar-refractivity contribution >= 4 is 17.2 Å². The van der Waals surface area contributed by atoms with E-state index in [0.29, 0.717) is 12.0 Å². The van der Waals surface area contributed by atoms with Crippen molar-refractivity contribution in [1.82, 2.24) is 10.3 Å². The van der Waals surface area contributed by atoms with Gasteiger partial charge in [0.2, 0.25) is 0 Å². The number of nitrogens with one attached hydrogen (secondary N) is 1. The third kappa shape index (κ3) is 4.42. The van der Waals surface area contributed by atoms with Crippen LogP contribution in [0.15, 0.2) is 35.8 Å². The quantitative estimate of drug-likeness (QED) is 0.852. The van der Waals surface area contributed by atoms with Crippen LogP contribution in [0, 0.1) is 11.8 Å². The average Bonchev–Trinajstić information content (AvgIpc) is 3.02. The lowest BCUT2D eigenvalue weighted by molar-refractivity contribution is 0.0940. The largest absolute Gasteiger partial charge is 0.395 e. The van der Waals surface area contributed by atoms with Gasteiger partial charge in [0.1, 0.15) is 5.01 Å². The summed E-state index contributed by atoms with van der Waals surface area (Å²) in [4.78, 5) is 16.3. The van der Waals surface area contributed by atoms with Gasteiger partial charge in [0.05, 0.1) is 12.6 Å². The molecule has 0 saturated heterocycles.